The van der Waals surface area contributed by atoms with Gasteiger partial charge in [0.05, 0.1) is 0 Å². The molecule has 0 unspecified atom stereocenters. The summed E-state index contributed by atoms with van der Waals surface area (Å²) in [4.78, 5) is 13.1. The molecule has 1 aromatic rings. The maximum absolute atomic E-state index is 9.76. The van der Waals surface area contributed by atoms with E-state index in [0.29, 0.717) is 11.5 Å². The van der Waals surface area contributed by atoms with E-state index in [9.17, 15) is 4.79 Å². The Bertz CT molecular complexity index is 325. The topological polar surface area (TPSA) is 55.5 Å². The zero-order chi connectivity index (χ0) is 8.27. The second-order valence-electron chi connectivity index (χ2n) is 1.83. The van der Waals surface area contributed by atoms with Gasteiger partial charge >= 0.3 is 0 Å². The molecule has 0 aromatic carbocycles. The smallest absolute Gasteiger partial charge is 0.241 e. The Labute approximate surface area is 67.9 Å². The first kappa shape index (κ1) is 7.78. The van der Waals surface area contributed by atoms with Crippen LogP contribution in [0.5, 0.6) is 0 Å². The molecule has 0 spiro atoms. The number of aliphatic imine (C=N–C) groups is 1. The van der Waals surface area contributed by atoms with Crippen LogP contribution < -0.4 is 0 Å². The predicted molar refractivity (Wildman–Crippen MR) is 41.1 cm³/mol. The maximum Gasteiger partial charge on any atom is 0.241 e. The van der Waals surface area contributed by atoms with Crippen molar-refractivity contribution >= 4 is 23.3 Å². The lowest BCUT2D eigenvalue weighted by molar-refractivity contribution is 0.396. The number of isocyanates is 1. The molecule has 0 amide bonds. The van der Waals surface area contributed by atoms with Crippen molar-refractivity contribution in [3.8, 4) is 0 Å². The number of aryl methyl sites for hydroxylation is 1. The Balaban J connectivity index is 2.93. The number of hydrogen-bond acceptors (Lipinski definition) is 4. The van der Waals surface area contributed by atoms with E-state index in [0.717, 1.165) is 0 Å². The van der Waals surface area contributed by atoms with Crippen molar-refractivity contribution in [1.29, 1.82) is 0 Å². The van der Waals surface area contributed by atoms with Crippen LogP contribution in [-0.4, -0.2) is 16.2 Å². The van der Waals surface area contributed by atoms with Gasteiger partial charge in [0.15, 0.2) is 4.99 Å². The molecule has 11 heavy (non-hydrogen) atoms. The maximum atomic E-state index is 9.76. The molecule has 1 aromatic heterocycles. The fourth-order valence-electron chi connectivity index (χ4n) is 0.566. The van der Waals surface area contributed by atoms with Crippen molar-refractivity contribution < 1.29 is 9.32 Å². The summed E-state index contributed by atoms with van der Waals surface area (Å²) in [7, 11) is 0. The molecule has 0 N–H and O–H groups in total. The van der Waals surface area contributed by atoms with Crippen LogP contribution >= 0.6 is 12.2 Å². The van der Waals surface area contributed by atoms with Crippen molar-refractivity contribution in [3.63, 3.8) is 0 Å². The molecule has 0 atom stereocenters. The minimum absolute atomic E-state index is 0.0943. The molecule has 0 saturated carbocycles. The number of thiocarbonyl (C=S) groups is 1. The first-order valence-corrected chi connectivity index (χ1v) is 3.20. The van der Waals surface area contributed by atoms with Gasteiger partial charge in [-0.2, -0.15) is 4.99 Å². The summed E-state index contributed by atoms with van der Waals surface area (Å²) in [5, 5.41) is 3.55. The molecular weight excluding hydrogens is 164 g/mol. The summed E-state index contributed by atoms with van der Waals surface area (Å²) in [5.41, 5.74) is 0.390. The van der Waals surface area contributed by atoms with Crippen molar-refractivity contribution in [2.45, 2.75) is 6.92 Å². The molecular formula is C6H4N2O2S. The largest absolute Gasteiger partial charge is 0.361 e. The molecule has 0 bridgehead atoms. The molecule has 0 fully saturated rings. The lowest BCUT2D eigenvalue weighted by atomic mass is 10.4. The van der Waals surface area contributed by atoms with Crippen LogP contribution in [0.4, 0.5) is 0 Å². The summed E-state index contributed by atoms with van der Waals surface area (Å²) in [6.45, 7) is 1.73. The van der Waals surface area contributed by atoms with E-state index in [1.54, 1.807) is 13.0 Å². The second-order valence-corrected chi connectivity index (χ2v) is 2.22. The second kappa shape index (κ2) is 3.18. The van der Waals surface area contributed by atoms with Gasteiger partial charge in [0, 0.05) is 6.07 Å². The summed E-state index contributed by atoms with van der Waals surface area (Å²) in [6.07, 6.45) is 1.33. The highest BCUT2D eigenvalue weighted by Gasteiger charge is 2.04. The lowest BCUT2D eigenvalue weighted by Gasteiger charge is -1.81. The Hall–Kier alpha value is -1.32. The SMILES string of the molecule is Cc1cc(C(=S)N=C=O)no1. The van der Waals surface area contributed by atoms with Gasteiger partial charge < -0.3 is 4.52 Å². The standard InChI is InChI=1S/C6H4N2O2S/c1-4-2-5(8-10-4)6(11)7-3-9/h2H,1H3. The third kappa shape index (κ3) is 1.80. The fraction of sp³-hybridized carbons (Fsp3) is 0.167. The number of aromatic nitrogens is 1. The highest BCUT2D eigenvalue weighted by Crippen LogP contribution is 2.03. The summed E-state index contributed by atoms with van der Waals surface area (Å²) < 4.78 is 4.70. The van der Waals surface area contributed by atoms with Crippen molar-refractivity contribution in [2.24, 2.45) is 4.99 Å². The third-order valence-corrected chi connectivity index (χ3v) is 1.29. The molecule has 0 aliphatic rings. The normalized spacial score (nSPS) is 8.82. The van der Waals surface area contributed by atoms with E-state index in [1.807, 2.05) is 0 Å². The van der Waals surface area contributed by atoms with Crippen LogP contribution in [-0.2, 0) is 4.79 Å². The highest BCUT2D eigenvalue weighted by molar-refractivity contribution is 7.80. The molecule has 0 aliphatic carbocycles. The van der Waals surface area contributed by atoms with Crippen molar-refractivity contribution in [3.05, 3.63) is 17.5 Å². The van der Waals surface area contributed by atoms with Crippen LogP contribution in [0.15, 0.2) is 15.6 Å². The lowest BCUT2D eigenvalue weighted by Crippen LogP contribution is -1.91. The van der Waals surface area contributed by atoms with Crippen LogP contribution in [0.25, 0.3) is 0 Å². The minimum atomic E-state index is 0.0943. The predicted octanol–water partition coefficient (Wildman–Crippen LogP) is 0.994. The minimum Gasteiger partial charge on any atom is -0.361 e. The number of nitrogens with zero attached hydrogens (tertiary/aromatic N) is 2. The van der Waals surface area contributed by atoms with Gasteiger partial charge in [-0.25, -0.2) is 4.79 Å². The molecule has 56 valence electrons. The molecule has 0 saturated heterocycles. The van der Waals surface area contributed by atoms with Crippen LogP contribution in [0, 0.1) is 6.92 Å². The van der Waals surface area contributed by atoms with Gasteiger partial charge in [-0.15, -0.1) is 0 Å². The molecule has 1 rings (SSSR count). The summed E-state index contributed by atoms with van der Waals surface area (Å²) >= 11 is 4.68. The van der Waals surface area contributed by atoms with Gasteiger partial charge in [0.2, 0.25) is 6.08 Å². The van der Waals surface area contributed by atoms with Crippen molar-refractivity contribution in [1.82, 2.24) is 5.16 Å². The van der Waals surface area contributed by atoms with E-state index in [-0.39, 0.29) is 4.99 Å². The van der Waals surface area contributed by atoms with Crippen molar-refractivity contribution in [2.75, 3.05) is 0 Å². The Morgan fingerprint density at radius 2 is 2.64 bits per heavy atom. The number of rotatable bonds is 1. The van der Waals surface area contributed by atoms with E-state index < -0.39 is 0 Å². The number of carbonyl (C=O) groups excluding carboxylic acids is 1. The highest BCUT2D eigenvalue weighted by atomic mass is 32.1. The fourth-order valence-corrected chi connectivity index (χ4v) is 0.699. The van der Waals surface area contributed by atoms with E-state index >= 15 is 0 Å². The monoisotopic (exact) mass is 168 g/mol. The molecule has 4 nitrogen and oxygen atoms in total. The average Bonchev–Trinajstić information content (AvgIpc) is 2.36. The van der Waals surface area contributed by atoms with E-state index in [4.69, 9.17) is 4.52 Å². The summed E-state index contributed by atoms with van der Waals surface area (Å²) in [5.74, 6) is 0.628. The Morgan fingerprint density at radius 1 is 1.91 bits per heavy atom. The summed E-state index contributed by atoms with van der Waals surface area (Å²) in [6, 6.07) is 1.60. The van der Waals surface area contributed by atoms with Crippen LogP contribution in [0.1, 0.15) is 11.5 Å². The van der Waals surface area contributed by atoms with Gasteiger partial charge in [-0.3, -0.25) is 0 Å². The molecule has 0 aliphatic heterocycles. The first-order chi connectivity index (χ1) is 5.24. The quantitative estimate of drug-likeness (QED) is 0.356. The van der Waals surface area contributed by atoms with Crippen LogP contribution in [0.3, 0.4) is 0 Å². The van der Waals surface area contributed by atoms with Crippen LogP contribution in [0.2, 0.25) is 0 Å². The first-order valence-electron chi connectivity index (χ1n) is 2.79. The van der Waals surface area contributed by atoms with Gasteiger partial charge in [-0.05, 0) is 6.92 Å². The van der Waals surface area contributed by atoms with Gasteiger partial charge in [-0.1, -0.05) is 17.4 Å². The third-order valence-electron chi connectivity index (χ3n) is 0.994. The Morgan fingerprint density at radius 3 is 3.09 bits per heavy atom. The molecule has 1 heterocycles. The van der Waals surface area contributed by atoms with Gasteiger partial charge in [0.1, 0.15) is 11.5 Å². The van der Waals surface area contributed by atoms with E-state index in [2.05, 4.69) is 22.4 Å². The van der Waals surface area contributed by atoms with Gasteiger partial charge in [0.25, 0.3) is 0 Å². The molecule has 5 heteroatoms. The molecule has 0 radical (unpaired) electrons. The zero-order valence-corrected chi connectivity index (χ0v) is 6.51. The average molecular weight is 168 g/mol. The Kier molecular flexibility index (Phi) is 2.25. The zero-order valence-electron chi connectivity index (χ0n) is 5.70. The van der Waals surface area contributed by atoms with E-state index in [1.165, 1.54) is 6.08 Å². The number of hydrogen-bond donors (Lipinski definition) is 0.